The summed E-state index contributed by atoms with van der Waals surface area (Å²) in [6.07, 6.45) is 8.24. The smallest absolute Gasteiger partial charge is 0.139 e. The van der Waals surface area contributed by atoms with Gasteiger partial charge in [-0.1, -0.05) is 33.1 Å². The monoisotopic (exact) mass is 265 g/mol. The second kappa shape index (κ2) is 6.46. The maximum absolute atomic E-state index is 12.0. The second-order valence-corrected chi connectivity index (χ2v) is 6.86. The maximum Gasteiger partial charge on any atom is 0.139 e. The molecule has 1 aliphatic rings. The second-order valence-electron chi connectivity index (χ2n) is 5.88. The fraction of sp³-hybridized carbons (Fsp3) is 0.733. The number of carbonyl (C=O) groups excluding carboxylic acids is 1. The van der Waals surface area contributed by atoms with E-state index in [0.717, 1.165) is 23.3 Å². The molecule has 3 heteroatoms. The Morgan fingerprint density at radius 2 is 2.33 bits per heavy atom. The van der Waals surface area contributed by atoms with Crippen molar-refractivity contribution in [1.29, 1.82) is 0 Å². The van der Waals surface area contributed by atoms with Gasteiger partial charge in [-0.25, -0.2) is 4.98 Å². The van der Waals surface area contributed by atoms with Crippen molar-refractivity contribution in [2.24, 2.45) is 17.8 Å². The highest BCUT2D eigenvalue weighted by Crippen LogP contribution is 2.35. The molecule has 1 saturated carbocycles. The number of thiazole rings is 1. The summed E-state index contributed by atoms with van der Waals surface area (Å²) >= 11 is 1.59. The van der Waals surface area contributed by atoms with Gasteiger partial charge in [0.1, 0.15) is 5.78 Å². The van der Waals surface area contributed by atoms with E-state index >= 15 is 0 Å². The molecule has 0 radical (unpaired) electrons. The molecule has 2 rings (SSSR count). The number of hydrogen-bond acceptors (Lipinski definition) is 3. The van der Waals surface area contributed by atoms with Crippen molar-refractivity contribution < 1.29 is 4.79 Å². The van der Waals surface area contributed by atoms with Crippen LogP contribution in [0, 0.1) is 17.8 Å². The van der Waals surface area contributed by atoms with Crippen LogP contribution >= 0.6 is 11.3 Å². The Labute approximate surface area is 114 Å². The van der Waals surface area contributed by atoms with Crippen LogP contribution in [0.2, 0.25) is 0 Å². The molecular weight excluding hydrogens is 242 g/mol. The predicted octanol–water partition coefficient (Wildman–Crippen LogP) is 4.11. The molecule has 2 atom stereocenters. The van der Waals surface area contributed by atoms with E-state index in [1.807, 2.05) is 5.38 Å². The summed E-state index contributed by atoms with van der Waals surface area (Å²) in [5, 5.41) is 2.91. The molecule has 1 fully saturated rings. The molecule has 2 nitrogen and oxygen atoms in total. The summed E-state index contributed by atoms with van der Waals surface area (Å²) in [6, 6.07) is 0. The van der Waals surface area contributed by atoms with E-state index in [9.17, 15) is 4.79 Å². The van der Waals surface area contributed by atoms with Crippen molar-refractivity contribution in [3.63, 3.8) is 0 Å². The Kier molecular flexibility index (Phi) is 4.93. The molecule has 0 aliphatic heterocycles. The average molecular weight is 265 g/mol. The number of nitrogens with zero attached hydrogens (tertiary/aromatic N) is 1. The first-order valence-electron chi connectivity index (χ1n) is 7.05. The van der Waals surface area contributed by atoms with Gasteiger partial charge in [0.15, 0.2) is 0 Å². The molecule has 1 aromatic heterocycles. The normalized spacial score (nSPS) is 24.4. The van der Waals surface area contributed by atoms with Gasteiger partial charge in [0.25, 0.3) is 0 Å². The molecule has 1 aliphatic carbocycles. The fourth-order valence-corrected chi connectivity index (χ4v) is 3.67. The molecular formula is C15H23NOS. The van der Waals surface area contributed by atoms with Crippen molar-refractivity contribution in [3.05, 3.63) is 16.6 Å². The average Bonchev–Trinajstić information content (AvgIpc) is 2.82. The lowest BCUT2D eigenvalue weighted by molar-refractivity contribution is -0.119. The van der Waals surface area contributed by atoms with Crippen LogP contribution < -0.4 is 0 Å². The maximum atomic E-state index is 12.0. The molecule has 18 heavy (non-hydrogen) atoms. The van der Waals surface area contributed by atoms with Crippen LogP contribution in [0.25, 0.3) is 0 Å². The Hall–Kier alpha value is -0.700. The highest BCUT2D eigenvalue weighted by atomic mass is 32.1. The van der Waals surface area contributed by atoms with Crippen molar-refractivity contribution in [3.8, 4) is 0 Å². The molecule has 0 saturated heterocycles. The summed E-state index contributed by atoms with van der Waals surface area (Å²) in [7, 11) is 0. The summed E-state index contributed by atoms with van der Waals surface area (Å²) in [4.78, 5) is 16.2. The number of Topliss-reactive ketones (excluding diaryl/α,β-unsaturated/α-hetero) is 1. The zero-order chi connectivity index (χ0) is 13.0. The zero-order valence-corrected chi connectivity index (χ0v) is 12.2. The summed E-state index contributed by atoms with van der Waals surface area (Å²) < 4.78 is 0. The number of aromatic nitrogens is 1. The van der Waals surface area contributed by atoms with Gasteiger partial charge >= 0.3 is 0 Å². The SMILES string of the molecule is CC(C)C1CCC[C@H](CC(=O)Cc2nccs2)C1. The Morgan fingerprint density at radius 1 is 1.50 bits per heavy atom. The first-order chi connectivity index (χ1) is 8.65. The molecule has 1 unspecified atom stereocenters. The van der Waals surface area contributed by atoms with Crippen molar-refractivity contribution >= 4 is 17.1 Å². The van der Waals surface area contributed by atoms with E-state index < -0.39 is 0 Å². The quantitative estimate of drug-likeness (QED) is 0.802. The third kappa shape index (κ3) is 3.91. The van der Waals surface area contributed by atoms with E-state index in [-0.39, 0.29) is 0 Å². The van der Waals surface area contributed by atoms with Crippen molar-refractivity contribution in [1.82, 2.24) is 4.98 Å². The van der Waals surface area contributed by atoms with E-state index in [1.165, 1.54) is 25.7 Å². The molecule has 1 heterocycles. The van der Waals surface area contributed by atoms with Gasteiger partial charge in [-0.2, -0.15) is 0 Å². The number of hydrogen-bond donors (Lipinski definition) is 0. The minimum absolute atomic E-state index is 0.374. The molecule has 0 N–H and O–H groups in total. The van der Waals surface area contributed by atoms with Crippen LogP contribution in [-0.4, -0.2) is 10.8 Å². The molecule has 0 aromatic carbocycles. The minimum atomic E-state index is 0.374. The van der Waals surface area contributed by atoms with Gasteiger partial charge in [0.2, 0.25) is 0 Å². The third-order valence-electron chi connectivity index (χ3n) is 4.11. The molecule has 1 aromatic rings. The lowest BCUT2D eigenvalue weighted by atomic mass is 9.74. The summed E-state index contributed by atoms with van der Waals surface area (Å²) in [5.74, 6) is 2.59. The van der Waals surface area contributed by atoms with Crippen LogP contribution in [0.4, 0.5) is 0 Å². The van der Waals surface area contributed by atoms with Crippen molar-refractivity contribution in [2.45, 2.75) is 52.4 Å². The zero-order valence-electron chi connectivity index (χ0n) is 11.4. The van der Waals surface area contributed by atoms with Crippen LogP contribution in [-0.2, 0) is 11.2 Å². The van der Waals surface area contributed by atoms with Crippen molar-refractivity contribution in [2.75, 3.05) is 0 Å². The standard InChI is InChI=1S/C15H23NOS/c1-11(2)13-5-3-4-12(8-13)9-14(17)10-15-16-6-7-18-15/h6-7,11-13H,3-5,8-10H2,1-2H3/t12-,13?/m0/s1. The van der Waals surface area contributed by atoms with Gasteiger partial charge in [0, 0.05) is 18.0 Å². The third-order valence-corrected chi connectivity index (χ3v) is 4.89. The van der Waals surface area contributed by atoms with Crippen LogP contribution in [0.15, 0.2) is 11.6 Å². The Bertz CT molecular complexity index is 372. The highest BCUT2D eigenvalue weighted by Gasteiger charge is 2.25. The number of carbonyl (C=O) groups is 1. The van der Waals surface area contributed by atoms with E-state index in [4.69, 9.17) is 0 Å². The predicted molar refractivity (Wildman–Crippen MR) is 75.7 cm³/mol. The number of rotatable bonds is 5. The van der Waals surface area contributed by atoms with Gasteiger partial charge in [0.05, 0.1) is 11.4 Å². The molecule has 0 bridgehead atoms. The Balaban J connectivity index is 1.80. The van der Waals surface area contributed by atoms with E-state index in [0.29, 0.717) is 18.1 Å². The van der Waals surface area contributed by atoms with Crippen LogP contribution in [0.3, 0.4) is 0 Å². The van der Waals surface area contributed by atoms with Crippen LogP contribution in [0.5, 0.6) is 0 Å². The van der Waals surface area contributed by atoms with E-state index in [1.54, 1.807) is 17.5 Å². The first-order valence-corrected chi connectivity index (χ1v) is 7.93. The summed E-state index contributed by atoms with van der Waals surface area (Å²) in [5.41, 5.74) is 0. The largest absolute Gasteiger partial charge is 0.299 e. The van der Waals surface area contributed by atoms with Gasteiger partial charge in [-0.3, -0.25) is 4.79 Å². The molecule has 0 spiro atoms. The van der Waals surface area contributed by atoms with E-state index in [2.05, 4.69) is 18.8 Å². The van der Waals surface area contributed by atoms with Gasteiger partial charge in [-0.15, -0.1) is 11.3 Å². The Morgan fingerprint density at radius 3 is 3.00 bits per heavy atom. The highest BCUT2D eigenvalue weighted by molar-refractivity contribution is 7.09. The lowest BCUT2D eigenvalue weighted by Gasteiger charge is -2.31. The molecule has 100 valence electrons. The van der Waals surface area contributed by atoms with Gasteiger partial charge < -0.3 is 0 Å². The van der Waals surface area contributed by atoms with Crippen LogP contribution in [0.1, 0.15) is 51.0 Å². The molecule has 0 amide bonds. The fourth-order valence-electron chi connectivity index (χ4n) is 3.03. The number of ketones is 1. The minimum Gasteiger partial charge on any atom is -0.299 e. The topological polar surface area (TPSA) is 30.0 Å². The van der Waals surface area contributed by atoms with Gasteiger partial charge in [-0.05, 0) is 24.2 Å². The first kappa shape index (κ1) is 13.7. The lowest BCUT2D eigenvalue weighted by Crippen LogP contribution is -2.22. The summed E-state index contributed by atoms with van der Waals surface area (Å²) in [6.45, 7) is 4.62.